The van der Waals surface area contributed by atoms with E-state index < -0.39 is 36.1 Å². The summed E-state index contributed by atoms with van der Waals surface area (Å²) >= 11 is -4.80. The van der Waals surface area contributed by atoms with Gasteiger partial charge in [-0.2, -0.15) is 0 Å². The van der Waals surface area contributed by atoms with Crippen molar-refractivity contribution in [3.05, 3.63) is 12.2 Å². The van der Waals surface area contributed by atoms with Gasteiger partial charge in [-0.15, -0.1) is 0 Å². The fourth-order valence-corrected chi connectivity index (χ4v) is 9.50. The second-order valence-electron chi connectivity index (χ2n) is 9.60. The van der Waals surface area contributed by atoms with Crippen molar-refractivity contribution in [1.82, 2.24) is 3.39 Å². The summed E-state index contributed by atoms with van der Waals surface area (Å²) in [6.07, 6.45) is 4.67. The molecular weight excluding hydrogens is 463 g/mol. The molecule has 1 unspecified atom stereocenters. The summed E-state index contributed by atoms with van der Waals surface area (Å²) < 4.78 is 18.0. The third-order valence-electron chi connectivity index (χ3n) is 4.91. The number of quaternary nitrogens is 1. The molecule has 0 spiro atoms. The Balaban J connectivity index is 0.00000392. The number of alkyl halides is 2. The van der Waals surface area contributed by atoms with Crippen molar-refractivity contribution in [3.8, 4) is 0 Å². The van der Waals surface area contributed by atoms with Gasteiger partial charge in [-0.1, -0.05) is 0 Å². The smallest absolute Gasteiger partial charge is 0 e. The van der Waals surface area contributed by atoms with Gasteiger partial charge in [-0.25, -0.2) is 0 Å². The second-order valence-corrected chi connectivity index (χ2v) is 19.9. The van der Waals surface area contributed by atoms with Crippen molar-refractivity contribution < 1.29 is 26.9 Å². The molecule has 0 radical (unpaired) electrons. The van der Waals surface area contributed by atoms with E-state index in [1.807, 2.05) is 6.92 Å². The zero-order chi connectivity index (χ0) is 20.7. The molecule has 2 fully saturated rings. The average molecular weight is 501 g/mol. The third-order valence-corrected chi connectivity index (χ3v) is 10.0. The van der Waals surface area contributed by atoms with Crippen LogP contribution in [0.3, 0.4) is 0 Å². The summed E-state index contributed by atoms with van der Waals surface area (Å²) in [5.74, 6) is -0.873. The normalized spacial score (nSPS) is 31.4. The summed E-state index contributed by atoms with van der Waals surface area (Å²) in [4.78, 5) is 33.6. The maximum Gasteiger partial charge on any atom is 0 e. The van der Waals surface area contributed by atoms with E-state index in [0.717, 1.165) is 31.3 Å². The van der Waals surface area contributed by atoms with Crippen molar-refractivity contribution in [2.24, 2.45) is 5.41 Å². The number of rotatable bonds is 7. The predicted molar refractivity (Wildman–Crippen MR) is 115 cm³/mol. The van der Waals surface area contributed by atoms with Crippen LogP contribution >= 0.6 is 18.2 Å². The Hall–Kier alpha value is -0.710. The molecule has 0 aromatic heterocycles. The molecule has 0 aromatic carbocycles. The molecule has 7 nitrogen and oxygen atoms in total. The first-order chi connectivity index (χ1) is 12.1. The monoisotopic (exact) mass is 501 g/mol. The van der Waals surface area contributed by atoms with Gasteiger partial charge >= 0.3 is 165 Å². The number of carbonyl (C=O) groups is 2. The van der Waals surface area contributed by atoms with E-state index in [1.54, 1.807) is 0 Å². The van der Waals surface area contributed by atoms with Gasteiger partial charge in [0.15, 0.2) is 0 Å². The van der Waals surface area contributed by atoms with E-state index in [1.165, 1.54) is 13.2 Å². The van der Waals surface area contributed by atoms with Crippen molar-refractivity contribution in [2.45, 2.75) is 65.8 Å². The van der Waals surface area contributed by atoms with Crippen LogP contribution in [-0.4, -0.2) is 52.3 Å². The predicted octanol–water partition coefficient (Wildman–Crippen LogP) is 3.81. The molecule has 2 saturated heterocycles. The first kappa shape index (κ1) is 22.6. The Morgan fingerprint density at radius 1 is 1.33 bits per heavy atom. The second kappa shape index (κ2) is 7.27. The zero-order valence-electron chi connectivity index (χ0n) is 17.6. The molecule has 0 bridgehead atoms. The van der Waals surface area contributed by atoms with E-state index in [-0.39, 0.29) is 12.6 Å². The van der Waals surface area contributed by atoms with Crippen molar-refractivity contribution in [3.63, 3.8) is 0 Å². The Bertz CT molecular complexity index is 640. The first-order valence-electron chi connectivity index (χ1n) is 9.45. The minimum absolute atomic E-state index is 0. The molecule has 27 heavy (non-hydrogen) atoms. The molecule has 0 aromatic rings. The van der Waals surface area contributed by atoms with Gasteiger partial charge in [0, 0.05) is 1.43 Å². The molecule has 2 heterocycles. The topological polar surface area (TPSA) is 76.1 Å². The largest absolute Gasteiger partial charge is 0 e. The minimum atomic E-state index is -4.80. The van der Waals surface area contributed by atoms with Crippen LogP contribution < -0.4 is 0 Å². The average Bonchev–Trinajstić information content (AvgIpc) is 2.77. The van der Waals surface area contributed by atoms with Gasteiger partial charge in [0.2, 0.25) is 0 Å². The molecule has 1 N–H and O–H groups in total. The van der Waals surface area contributed by atoms with Crippen LogP contribution in [0, 0.1) is 5.41 Å². The van der Waals surface area contributed by atoms with Gasteiger partial charge in [0.05, 0.1) is 0 Å². The van der Waals surface area contributed by atoms with Gasteiger partial charge in [0.25, 0.3) is 0 Å². The molecule has 2 aliphatic heterocycles. The van der Waals surface area contributed by atoms with Crippen LogP contribution in [-0.2, 0) is 17.5 Å². The summed E-state index contributed by atoms with van der Waals surface area (Å²) in [6, 6.07) is -0.565. The van der Waals surface area contributed by atoms with Gasteiger partial charge < -0.3 is 0 Å². The van der Waals surface area contributed by atoms with E-state index in [0.29, 0.717) is 18.4 Å². The number of halogens is 1. The number of hydrogen-bond acceptors (Lipinski definition) is 6. The summed E-state index contributed by atoms with van der Waals surface area (Å²) in [6.45, 7) is 12.9. The van der Waals surface area contributed by atoms with Crippen LogP contribution in [0.4, 0.5) is 0 Å². The molecule has 160 valence electrons. The van der Waals surface area contributed by atoms with Crippen LogP contribution in [0.25, 0.3) is 0 Å². The summed E-state index contributed by atoms with van der Waals surface area (Å²) in [5.41, 5.74) is 1.12. The maximum absolute atomic E-state index is 12.9. The van der Waals surface area contributed by atoms with Crippen LogP contribution in [0.15, 0.2) is 12.2 Å². The molecule has 8 heteroatoms. The van der Waals surface area contributed by atoms with Gasteiger partial charge in [0.1, 0.15) is 0 Å². The first-order valence-corrected chi connectivity index (χ1v) is 16.6. The van der Waals surface area contributed by atoms with Gasteiger partial charge in [-0.05, 0) is 0 Å². The number of unbranched alkanes of at least 4 members (excludes halogenated alkanes) is 2. The molecule has 2 aliphatic rings. The van der Waals surface area contributed by atoms with E-state index in [2.05, 4.69) is 27.4 Å². The van der Waals surface area contributed by atoms with Crippen molar-refractivity contribution >= 4 is 30.1 Å². The van der Waals surface area contributed by atoms with Crippen molar-refractivity contribution in [2.75, 3.05) is 23.0 Å². The minimum Gasteiger partial charge on any atom is 0 e. The molecule has 0 aliphatic carbocycles. The fraction of sp³-hybridized carbons (Fsp3) is 0.789. The Morgan fingerprint density at radius 2 is 1.96 bits per heavy atom. The molecule has 2 rings (SSSR count). The maximum atomic E-state index is 12.9. The number of fused-ring (bicyclic) bond motifs is 1. The van der Waals surface area contributed by atoms with Gasteiger partial charge in [-0.3, -0.25) is 0 Å². The van der Waals surface area contributed by atoms with Crippen LogP contribution in [0.5, 0.6) is 0 Å². The van der Waals surface area contributed by atoms with E-state index in [4.69, 9.17) is 7.90 Å². The number of nitrogens with zero attached hydrogens (tertiary/aromatic N) is 2. The molecular formula is C19H38IN2O5+. The summed E-state index contributed by atoms with van der Waals surface area (Å²) in [5, 5.41) is 0. The Labute approximate surface area is 166 Å². The Morgan fingerprint density at radius 3 is 2.52 bits per heavy atom. The quantitative estimate of drug-likeness (QED) is 0.143. The Kier molecular flexibility index (Phi) is 6.08. The standard InChI is InChI=1S/C19H36IN2O5.H2/c1-15(2)13-22-14-17(23)27-21(22)20(6,7,25)26-18(24)16(22)11-9-8-10-12-19(3,4)5;/h16,25H,1,8-14H2,2-7H3;1H/q+1;/t16?,22-;/m1./s1. The molecule has 0 saturated carbocycles. The summed E-state index contributed by atoms with van der Waals surface area (Å²) in [7, 11) is 0. The zero-order valence-corrected chi connectivity index (χ0v) is 19.7. The number of carbonyl (C=O) groups excluding carboxylic acids is 2. The van der Waals surface area contributed by atoms with Crippen LogP contribution in [0.1, 0.15) is 61.2 Å². The fourth-order valence-electron chi connectivity index (χ4n) is 3.94. The molecule has 0 amide bonds. The SMILES string of the molecule is C=C(C)C[N@+]12CC(=O)ON1I(C)(C)(O)OC(=O)C2CCCCCC(C)(C)C.[HH]. The van der Waals surface area contributed by atoms with Crippen molar-refractivity contribution in [1.29, 1.82) is 0 Å². The van der Waals surface area contributed by atoms with E-state index in [9.17, 15) is 13.0 Å². The third kappa shape index (κ3) is 5.02. The molecule has 2 atom stereocenters. The van der Waals surface area contributed by atoms with Crippen LogP contribution in [0.2, 0.25) is 0 Å². The number of hydrogen-bond donors (Lipinski definition) is 1. The van der Waals surface area contributed by atoms with E-state index >= 15 is 0 Å².